The lowest BCUT2D eigenvalue weighted by atomic mass is 10.2. The molecule has 0 spiro atoms. The zero-order valence-electron chi connectivity index (χ0n) is 16.5. The van der Waals surface area contributed by atoms with Crippen molar-refractivity contribution in [3.05, 3.63) is 47.7 Å². The Morgan fingerprint density at radius 3 is 2.77 bits per heavy atom. The summed E-state index contributed by atoms with van der Waals surface area (Å²) in [5.41, 5.74) is 2.22. The third-order valence-corrected chi connectivity index (χ3v) is 7.42. The molecule has 0 aliphatic carbocycles. The fraction of sp³-hybridized carbons (Fsp3) is 0.250. The molecular weight excluding hydrogens is 440 g/mol. The van der Waals surface area contributed by atoms with E-state index in [0.29, 0.717) is 37.3 Å². The molecule has 3 heterocycles. The van der Waals surface area contributed by atoms with Gasteiger partial charge in [-0.1, -0.05) is 22.6 Å². The van der Waals surface area contributed by atoms with Gasteiger partial charge in [-0.15, -0.1) is 0 Å². The smallest absolute Gasteiger partial charge is 0.276 e. The van der Waals surface area contributed by atoms with Crippen molar-refractivity contribution < 1.29 is 22.5 Å². The predicted octanol–water partition coefficient (Wildman–Crippen LogP) is 3.02. The number of nitrogens with zero attached hydrogens (tertiary/aromatic N) is 3. The number of thiazole rings is 1. The summed E-state index contributed by atoms with van der Waals surface area (Å²) in [5.74, 6) is -0.314. The van der Waals surface area contributed by atoms with Crippen molar-refractivity contribution in [2.24, 2.45) is 0 Å². The van der Waals surface area contributed by atoms with Crippen molar-refractivity contribution in [3.63, 3.8) is 0 Å². The molecule has 0 radical (unpaired) electrons. The Labute approximate surface area is 181 Å². The predicted molar refractivity (Wildman–Crippen MR) is 116 cm³/mol. The van der Waals surface area contributed by atoms with Gasteiger partial charge in [-0.25, -0.2) is 13.4 Å². The van der Waals surface area contributed by atoms with Crippen LogP contribution in [0.5, 0.6) is 0 Å². The Balaban J connectivity index is 1.47. The van der Waals surface area contributed by atoms with Gasteiger partial charge in [0.2, 0.25) is 0 Å². The van der Waals surface area contributed by atoms with Gasteiger partial charge in [0.25, 0.3) is 15.9 Å². The summed E-state index contributed by atoms with van der Waals surface area (Å²) in [5, 5.41) is 4.50. The number of ether oxygens (including phenoxy) is 1. The summed E-state index contributed by atoms with van der Waals surface area (Å²) in [7, 11) is -3.92. The van der Waals surface area contributed by atoms with Crippen molar-refractivity contribution in [1.82, 2.24) is 15.0 Å². The van der Waals surface area contributed by atoms with Crippen LogP contribution >= 0.6 is 11.3 Å². The van der Waals surface area contributed by atoms with Gasteiger partial charge in [0.05, 0.1) is 33.7 Å². The number of sulfonamides is 1. The standard InChI is InChI=1S/C20H18N4O5S2/c1-12-2-4-15-17(10-12)30-20(21-15)23-31(26,27)13-3-5-16-14(11-13)18(22-29-16)19(25)24-6-8-28-9-7-24/h2-5,10-11H,6-9H2,1H3,(H,21,23). The monoisotopic (exact) mass is 458 g/mol. The van der Waals surface area contributed by atoms with E-state index in [2.05, 4.69) is 14.9 Å². The number of rotatable bonds is 4. The average Bonchev–Trinajstić information content (AvgIpc) is 3.36. The van der Waals surface area contributed by atoms with Crippen LogP contribution < -0.4 is 4.72 Å². The summed E-state index contributed by atoms with van der Waals surface area (Å²) in [6, 6.07) is 10.0. The molecule has 0 bridgehead atoms. The number of fused-ring (bicyclic) bond motifs is 2. The molecule has 31 heavy (non-hydrogen) atoms. The third-order valence-electron chi connectivity index (χ3n) is 5.02. The van der Waals surface area contributed by atoms with Crippen LogP contribution in [-0.4, -0.2) is 55.7 Å². The lowest BCUT2D eigenvalue weighted by Gasteiger charge is -2.25. The largest absolute Gasteiger partial charge is 0.378 e. The first-order chi connectivity index (χ1) is 14.9. The molecular formula is C20H18N4O5S2. The van der Waals surface area contributed by atoms with Gasteiger partial charge in [-0.05, 0) is 42.8 Å². The maximum atomic E-state index is 13.0. The molecule has 1 aliphatic rings. The number of carbonyl (C=O) groups excluding carboxylic acids is 1. The van der Waals surface area contributed by atoms with Crippen molar-refractivity contribution in [2.75, 3.05) is 31.0 Å². The minimum Gasteiger partial charge on any atom is -0.378 e. The number of anilines is 1. The topological polar surface area (TPSA) is 115 Å². The van der Waals surface area contributed by atoms with Gasteiger partial charge in [-0.3, -0.25) is 9.52 Å². The number of nitrogens with one attached hydrogen (secondary N) is 1. The summed E-state index contributed by atoms with van der Waals surface area (Å²) in [6.45, 7) is 3.76. The van der Waals surface area contributed by atoms with E-state index in [0.717, 1.165) is 15.8 Å². The number of morpholine rings is 1. The summed E-state index contributed by atoms with van der Waals surface area (Å²) < 4.78 is 39.9. The normalized spacial score (nSPS) is 14.9. The van der Waals surface area contributed by atoms with E-state index in [4.69, 9.17) is 9.26 Å². The highest BCUT2D eigenvalue weighted by molar-refractivity contribution is 7.93. The van der Waals surface area contributed by atoms with Crippen LogP contribution in [0.15, 0.2) is 45.8 Å². The van der Waals surface area contributed by atoms with Gasteiger partial charge in [-0.2, -0.15) is 0 Å². The first-order valence-electron chi connectivity index (χ1n) is 9.57. The number of hydrogen-bond donors (Lipinski definition) is 1. The quantitative estimate of drug-likeness (QED) is 0.500. The Morgan fingerprint density at radius 2 is 1.97 bits per heavy atom. The van der Waals surface area contributed by atoms with Gasteiger partial charge in [0.1, 0.15) is 0 Å². The van der Waals surface area contributed by atoms with Crippen molar-refractivity contribution >= 4 is 53.6 Å². The minimum absolute atomic E-state index is 0.00494. The fourth-order valence-electron chi connectivity index (χ4n) is 3.40. The Bertz CT molecular complexity index is 1400. The van der Waals surface area contributed by atoms with Crippen LogP contribution in [0, 0.1) is 6.92 Å². The zero-order chi connectivity index (χ0) is 21.6. The van der Waals surface area contributed by atoms with Crippen LogP contribution in [0.1, 0.15) is 16.1 Å². The summed E-state index contributed by atoms with van der Waals surface area (Å²) >= 11 is 1.26. The molecule has 11 heteroatoms. The van der Waals surface area contributed by atoms with Crippen LogP contribution in [0.3, 0.4) is 0 Å². The molecule has 0 unspecified atom stereocenters. The highest BCUT2D eigenvalue weighted by Gasteiger charge is 2.26. The van der Waals surface area contributed by atoms with Crippen LogP contribution in [0.4, 0.5) is 5.13 Å². The van der Waals surface area contributed by atoms with Crippen molar-refractivity contribution in [1.29, 1.82) is 0 Å². The number of amides is 1. The van der Waals surface area contributed by atoms with Gasteiger partial charge >= 0.3 is 0 Å². The Morgan fingerprint density at radius 1 is 1.16 bits per heavy atom. The zero-order valence-corrected chi connectivity index (χ0v) is 18.1. The molecule has 4 aromatic rings. The molecule has 5 rings (SSSR count). The molecule has 2 aromatic carbocycles. The van der Waals surface area contributed by atoms with Crippen LogP contribution in [0.25, 0.3) is 21.2 Å². The molecule has 0 atom stereocenters. The van der Waals surface area contributed by atoms with E-state index in [1.54, 1.807) is 4.90 Å². The van der Waals surface area contributed by atoms with Crippen LogP contribution in [-0.2, 0) is 14.8 Å². The fourth-order valence-corrected chi connectivity index (χ4v) is 5.63. The Hall–Kier alpha value is -3.02. The van der Waals surface area contributed by atoms with Crippen LogP contribution in [0.2, 0.25) is 0 Å². The number of hydrogen-bond acceptors (Lipinski definition) is 8. The molecule has 1 amide bonds. The lowest BCUT2D eigenvalue weighted by Crippen LogP contribution is -2.40. The second kappa shape index (κ2) is 7.59. The summed E-state index contributed by atoms with van der Waals surface area (Å²) in [6.07, 6.45) is 0. The number of benzene rings is 2. The first kappa shape index (κ1) is 19.9. The van der Waals surface area contributed by atoms with Crippen molar-refractivity contribution in [2.45, 2.75) is 11.8 Å². The molecule has 2 aromatic heterocycles. The van der Waals surface area contributed by atoms with E-state index in [1.807, 2.05) is 25.1 Å². The average molecular weight is 459 g/mol. The number of carbonyl (C=O) groups is 1. The van der Waals surface area contributed by atoms with E-state index in [-0.39, 0.29) is 21.6 Å². The lowest BCUT2D eigenvalue weighted by molar-refractivity contribution is 0.0297. The van der Waals surface area contributed by atoms with Gasteiger partial charge < -0.3 is 14.2 Å². The Kier molecular flexibility index (Phi) is 4.88. The molecule has 1 saturated heterocycles. The molecule has 160 valence electrons. The van der Waals surface area contributed by atoms with E-state index in [1.165, 1.54) is 29.5 Å². The van der Waals surface area contributed by atoms with E-state index in [9.17, 15) is 13.2 Å². The SMILES string of the molecule is Cc1ccc2nc(NS(=O)(=O)c3ccc4onc(C(=O)N5CCOCC5)c4c3)sc2c1. The second-order valence-electron chi connectivity index (χ2n) is 7.19. The highest BCUT2D eigenvalue weighted by Crippen LogP contribution is 2.30. The molecule has 0 saturated carbocycles. The highest BCUT2D eigenvalue weighted by atomic mass is 32.2. The molecule has 9 nitrogen and oxygen atoms in total. The molecule has 1 N–H and O–H groups in total. The summed E-state index contributed by atoms with van der Waals surface area (Å²) in [4.78, 5) is 18.8. The minimum atomic E-state index is -3.92. The maximum Gasteiger partial charge on any atom is 0.276 e. The number of aryl methyl sites for hydroxylation is 1. The van der Waals surface area contributed by atoms with Gasteiger partial charge in [0.15, 0.2) is 16.4 Å². The van der Waals surface area contributed by atoms with Gasteiger partial charge in [0, 0.05) is 13.1 Å². The van der Waals surface area contributed by atoms with Crippen molar-refractivity contribution in [3.8, 4) is 0 Å². The van der Waals surface area contributed by atoms with E-state index < -0.39 is 10.0 Å². The second-order valence-corrected chi connectivity index (χ2v) is 9.90. The van der Waals surface area contributed by atoms with E-state index >= 15 is 0 Å². The molecule has 1 fully saturated rings. The molecule has 1 aliphatic heterocycles. The number of aromatic nitrogens is 2. The maximum absolute atomic E-state index is 13.0. The first-order valence-corrected chi connectivity index (χ1v) is 11.9. The third kappa shape index (κ3) is 3.75.